The van der Waals surface area contributed by atoms with Gasteiger partial charge < -0.3 is 10.1 Å². The van der Waals surface area contributed by atoms with Gasteiger partial charge in [0.1, 0.15) is 5.75 Å². The molecule has 19 heavy (non-hydrogen) atoms. The van der Waals surface area contributed by atoms with E-state index in [1.54, 1.807) is 18.4 Å². The predicted octanol–water partition coefficient (Wildman–Crippen LogP) is 4.30. The zero-order valence-corrected chi connectivity index (χ0v) is 12.3. The third kappa shape index (κ3) is 2.84. The normalized spacial score (nSPS) is 23.5. The Morgan fingerprint density at radius 3 is 3.05 bits per heavy atom. The third-order valence-electron chi connectivity index (χ3n) is 3.86. The molecule has 2 atom stereocenters. The Kier molecular flexibility index (Phi) is 3.60. The molecular formula is C15H20N2OS. The number of aromatic nitrogens is 1. The molecule has 0 aliphatic heterocycles. The summed E-state index contributed by atoms with van der Waals surface area (Å²) in [5.41, 5.74) is 1.05. The molecule has 1 saturated carbocycles. The van der Waals surface area contributed by atoms with Crippen molar-refractivity contribution in [2.24, 2.45) is 5.92 Å². The molecule has 102 valence electrons. The van der Waals surface area contributed by atoms with Gasteiger partial charge in [-0.3, -0.25) is 0 Å². The fourth-order valence-electron chi connectivity index (χ4n) is 2.83. The number of hydrogen-bond donors (Lipinski definition) is 1. The van der Waals surface area contributed by atoms with E-state index in [1.807, 2.05) is 12.1 Å². The van der Waals surface area contributed by atoms with Gasteiger partial charge in [-0.2, -0.15) is 0 Å². The lowest BCUT2D eigenvalue weighted by atomic mass is 9.87. The second-order valence-electron chi connectivity index (χ2n) is 5.47. The van der Waals surface area contributed by atoms with Gasteiger partial charge in [-0.05, 0) is 37.0 Å². The summed E-state index contributed by atoms with van der Waals surface area (Å²) in [6.45, 7) is 2.34. The Balaban J connectivity index is 1.77. The topological polar surface area (TPSA) is 34.1 Å². The molecule has 1 aromatic heterocycles. The van der Waals surface area contributed by atoms with Crippen LogP contribution in [0.2, 0.25) is 0 Å². The smallest absolute Gasteiger partial charge is 0.184 e. The first-order valence-corrected chi connectivity index (χ1v) is 7.77. The van der Waals surface area contributed by atoms with Crippen molar-refractivity contribution in [1.82, 2.24) is 4.98 Å². The van der Waals surface area contributed by atoms with Crippen molar-refractivity contribution in [1.29, 1.82) is 0 Å². The SMILES string of the molecule is COc1ccc2nc(NC3CCCC(C)C3)sc2c1. The molecule has 0 amide bonds. The Morgan fingerprint density at radius 2 is 2.26 bits per heavy atom. The fourth-order valence-corrected chi connectivity index (χ4v) is 3.80. The summed E-state index contributed by atoms with van der Waals surface area (Å²) in [7, 11) is 1.70. The maximum atomic E-state index is 5.25. The molecule has 2 unspecified atom stereocenters. The van der Waals surface area contributed by atoms with Gasteiger partial charge in [-0.25, -0.2) is 4.98 Å². The fraction of sp³-hybridized carbons (Fsp3) is 0.533. The standard InChI is InChI=1S/C15H20N2OS/c1-10-4-3-5-11(8-10)16-15-17-13-7-6-12(18-2)9-14(13)19-15/h6-7,9-11H,3-5,8H2,1-2H3,(H,16,17). The molecule has 2 aromatic rings. The number of nitrogens with one attached hydrogen (secondary N) is 1. The number of methoxy groups -OCH3 is 1. The molecule has 1 heterocycles. The second-order valence-corrected chi connectivity index (χ2v) is 6.50. The van der Waals surface area contributed by atoms with Gasteiger partial charge in [0.15, 0.2) is 5.13 Å². The van der Waals surface area contributed by atoms with Crippen molar-refractivity contribution in [2.75, 3.05) is 12.4 Å². The van der Waals surface area contributed by atoms with E-state index >= 15 is 0 Å². The quantitative estimate of drug-likeness (QED) is 0.907. The van der Waals surface area contributed by atoms with Crippen LogP contribution in [0.3, 0.4) is 0 Å². The van der Waals surface area contributed by atoms with Gasteiger partial charge >= 0.3 is 0 Å². The summed E-state index contributed by atoms with van der Waals surface area (Å²) >= 11 is 1.72. The number of rotatable bonds is 3. The summed E-state index contributed by atoms with van der Waals surface area (Å²) in [5.74, 6) is 1.73. The minimum absolute atomic E-state index is 0.589. The van der Waals surface area contributed by atoms with Crippen LogP contribution in [0.1, 0.15) is 32.6 Å². The molecule has 3 rings (SSSR count). The van der Waals surface area contributed by atoms with E-state index < -0.39 is 0 Å². The monoisotopic (exact) mass is 276 g/mol. The number of hydrogen-bond acceptors (Lipinski definition) is 4. The summed E-state index contributed by atoms with van der Waals surface area (Å²) in [6, 6.07) is 6.64. The molecule has 1 aromatic carbocycles. The minimum Gasteiger partial charge on any atom is -0.497 e. The first-order chi connectivity index (χ1) is 9.24. The molecule has 1 aliphatic carbocycles. The summed E-state index contributed by atoms with van der Waals surface area (Å²) in [4.78, 5) is 4.66. The Morgan fingerprint density at radius 1 is 1.37 bits per heavy atom. The summed E-state index contributed by atoms with van der Waals surface area (Å²) in [5, 5.41) is 4.65. The first-order valence-electron chi connectivity index (χ1n) is 6.95. The van der Waals surface area contributed by atoms with Crippen LogP contribution in [-0.4, -0.2) is 18.1 Å². The second kappa shape index (κ2) is 5.37. The highest BCUT2D eigenvalue weighted by atomic mass is 32.1. The number of thiazole rings is 1. The van der Waals surface area contributed by atoms with Crippen LogP contribution in [-0.2, 0) is 0 Å². The molecule has 4 heteroatoms. The van der Waals surface area contributed by atoms with Gasteiger partial charge in [-0.1, -0.05) is 31.1 Å². The summed E-state index contributed by atoms with van der Waals surface area (Å²) in [6.07, 6.45) is 5.23. The number of anilines is 1. The molecule has 1 aliphatic rings. The van der Waals surface area contributed by atoms with Crippen LogP contribution >= 0.6 is 11.3 Å². The van der Waals surface area contributed by atoms with Crippen LogP contribution in [0.4, 0.5) is 5.13 Å². The Bertz CT molecular complexity index is 566. The lowest BCUT2D eigenvalue weighted by Crippen LogP contribution is -2.25. The van der Waals surface area contributed by atoms with E-state index in [0.29, 0.717) is 6.04 Å². The van der Waals surface area contributed by atoms with Gasteiger partial charge in [0, 0.05) is 6.04 Å². The van der Waals surface area contributed by atoms with Crippen LogP contribution in [0, 0.1) is 5.92 Å². The van der Waals surface area contributed by atoms with E-state index in [-0.39, 0.29) is 0 Å². The van der Waals surface area contributed by atoms with Crippen LogP contribution < -0.4 is 10.1 Å². The van der Waals surface area contributed by atoms with Crippen molar-refractivity contribution < 1.29 is 4.74 Å². The minimum atomic E-state index is 0.589. The van der Waals surface area contributed by atoms with E-state index in [2.05, 4.69) is 23.3 Å². The molecule has 1 N–H and O–H groups in total. The van der Waals surface area contributed by atoms with Crippen molar-refractivity contribution in [3.05, 3.63) is 18.2 Å². The van der Waals surface area contributed by atoms with Crippen LogP contribution in [0.25, 0.3) is 10.2 Å². The Hall–Kier alpha value is -1.29. The first kappa shape index (κ1) is 12.7. The average molecular weight is 276 g/mol. The zero-order chi connectivity index (χ0) is 13.2. The molecule has 3 nitrogen and oxygen atoms in total. The van der Waals surface area contributed by atoms with E-state index in [4.69, 9.17) is 4.74 Å². The van der Waals surface area contributed by atoms with Crippen LogP contribution in [0.5, 0.6) is 5.75 Å². The molecular weight excluding hydrogens is 256 g/mol. The largest absolute Gasteiger partial charge is 0.497 e. The molecule has 0 spiro atoms. The van der Waals surface area contributed by atoms with Gasteiger partial charge in [0.25, 0.3) is 0 Å². The molecule has 0 saturated heterocycles. The number of fused-ring (bicyclic) bond motifs is 1. The maximum absolute atomic E-state index is 5.25. The lowest BCUT2D eigenvalue weighted by molar-refractivity contribution is 0.358. The van der Waals surface area contributed by atoms with E-state index in [0.717, 1.165) is 22.3 Å². The lowest BCUT2D eigenvalue weighted by Gasteiger charge is -2.27. The van der Waals surface area contributed by atoms with Crippen molar-refractivity contribution in [3.63, 3.8) is 0 Å². The average Bonchev–Trinajstić information content (AvgIpc) is 2.79. The molecule has 1 fully saturated rings. The Labute approximate surface area is 118 Å². The number of benzene rings is 1. The molecule has 0 bridgehead atoms. The predicted molar refractivity (Wildman–Crippen MR) is 81.2 cm³/mol. The zero-order valence-electron chi connectivity index (χ0n) is 11.5. The van der Waals surface area contributed by atoms with Crippen molar-refractivity contribution in [3.8, 4) is 5.75 Å². The van der Waals surface area contributed by atoms with Gasteiger partial charge in [0.2, 0.25) is 0 Å². The molecule has 0 radical (unpaired) electrons. The van der Waals surface area contributed by atoms with Crippen molar-refractivity contribution in [2.45, 2.75) is 38.6 Å². The third-order valence-corrected chi connectivity index (χ3v) is 4.81. The number of nitrogens with zero attached hydrogens (tertiary/aromatic N) is 1. The highest BCUT2D eigenvalue weighted by molar-refractivity contribution is 7.22. The highest BCUT2D eigenvalue weighted by Gasteiger charge is 2.19. The summed E-state index contributed by atoms with van der Waals surface area (Å²) < 4.78 is 6.44. The maximum Gasteiger partial charge on any atom is 0.184 e. The van der Waals surface area contributed by atoms with Gasteiger partial charge in [0.05, 0.1) is 17.3 Å². The van der Waals surface area contributed by atoms with E-state index in [1.165, 1.54) is 30.4 Å². The van der Waals surface area contributed by atoms with Crippen LogP contribution in [0.15, 0.2) is 18.2 Å². The van der Waals surface area contributed by atoms with Crippen molar-refractivity contribution >= 4 is 26.7 Å². The van der Waals surface area contributed by atoms with Gasteiger partial charge in [-0.15, -0.1) is 0 Å². The highest BCUT2D eigenvalue weighted by Crippen LogP contribution is 2.32. The van der Waals surface area contributed by atoms with E-state index in [9.17, 15) is 0 Å². The number of ether oxygens (including phenoxy) is 1.